The van der Waals surface area contributed by atoms with E-state index in [0.717, 1.165) is 42.8 Å². The number of sulfonamides is 1. The Hall–Kier alpha value is -0.220. The molecule has 0 saturated carbocycles. The molecular weight excluding hydrogens is 403 g/mol. The Morgan fingerprint density at radius 2 is 1.86 bits per heavy atom. The largest absolute Gasteiger partial charge is 0.379 e. The summed E-state index contributed by atoms with van der Waals surface area (Å²) >= 11 is 2.17. The van der Waals surface area contributed by atoms with Crippen LogP contribution in [0.4, 0.5) is 0 Å². The van der Waals surface area contributed by atoms with Crippen LogP contribution in [0.3, 0.4) is 0 Å². The molecule has 1 aromatic carbocycles. The van der Waals surface area contributed by atoms with Crippen LogP contribution in [0, 0.1) is 3.57 Å². The first-order chi connectivity index (χ1) is 10.00. The van der Waals surface area contributed by atoms with Gasteiger partial charge in [0.25, 0.3) is 0 Å². The minimum Gasteiger partial charge on any atom is -0.379 e. The number of rotatable bonds is 6. The first-order valence-corrected chi connectivity index (χ1v) is 9.54. The number of nitrogens with zero attached hydrogens (tertiary/aromatic N) is 2. The van der Waals surface area contributed by atoms with Crippen molar-refractivity contribution in [3.8, 4) is 0 Å². The molecule has 1 saturated heterocycles. The van der Waals surface area contributed by atoms with Crippen molar-refractivity contribution in [1.82, 2.24) is 9.21 Å². The highest BCUT2D eigenvalue weighted by molar-refractivity contribution is 14.1. The predicted octanol–water partition coefficient (Wildman–Crippen LogP) is 1.63. The van der Waals surface area contributed by atoms with Crippen molar-refractivity contribution in [3.05, 3.63) is 27.8 Å². The van der Waals surface area contributed by atoms with Crippen molar-refractivity contribution in [2.75, 3.05) is 46.4 Å². The smallest absolute Gasteiger partial charge is 0.242 e. The number of hydrogen-bond acceptors (Lipinski definition) is 4. The highest BCUT2D eigenvalue weighted by atomic mass is 127. The van der Waals surface area contributed by atoms with Crippen LogP contribution in [0.2, 0.25) is 0 Å². The first-order valence-electron chi connectivity index (χ1n) is 7.02. The number of morpholine rings is 1. The molecule has 1 aromatic rings. The summed E-state index contributed by atoms with van der Waals surface area (Å²) in [5.41, 5.74) is 0. The minimum absolute atomic E-state index is 0.358. The molecule has 0 N–H and O–H groups in total. The third-order valence-electron chi connectivity index (χ3n) is 3.57. The zero-order chi connectivity index (χ0) is 15.3. The van der Waals surface area contributed by atoms with E-state index in [1.165, 1.54) is 4.31 Å². The van der Waals surface area contributed by atoms with Crippen LogP contribution < -0.4 is 0 Å². The van der Waals surface area contributed by atoms with E-state index >= 15 is 0 Å². The Morgan fingerprint density at radius 1 is 1.24 bits per heavy atom. The number of benzene rings is 1. The average Bonchev–Trinajstić information content (AvgIpc) is 2.48. The summed E-state index contributed by atoms with van der Waals surface area (Å²) in [6, 6.07) is 6.95. The fourth-order valence-electron chi connectivity index (χ4n) is 2.25. The summed E-state index contributed by atoms with van der Waals surface area (Å²) in [5, 5.41) is 0. The van der Waals surface area contributed by atoms with Gasteiger partial charge in [0.1, 0.15) is 0 Å². The van der Waals surface area contributed by atoms with Crippen molar-refractivity contribution in [3.63, 3.8) is 0 Å². The Bertz CT molecular complexity index is 542. The Balaban J connectivity index is 1.86. The first kappa shape index (κ1) is 17.1. The van der Waals surface area contributed by atoms with Gasteiger partial charge in [0.2, 0.25) is 10.0 Å². The molecule has 1 aliphatic heterocycles. The molecule has 0 aliphatic carbocycles. The van der Waals surface area contributed by atoms with Crippen molar-refractivity contribution in [2.24, 2.45) is 0 Å². The fraction of sp³-hybridized carbons (Fsp3) is 0.571. The summed E-state index contributed by atoms with van der Waals surface area (Å²) in [6.45, 7) is 4.87. The summed E-state index contributed by atoms with van der Waals surface area (Å²) < 4.78 is 32.6. The molecule has 0 amide bonds. The predicted molar refractivity (Wildman–Crippen MR) is 90.9 cm³/mol. The topological polar surface area (TPSA) is 49.9 Å². The second-order valence-electron chi connectivity index (χ2n) is 5.09. The van der Waals surface area contributed by atoms with E-state index in [9.17, 15) is 8.42 Å². The monoisotopic (exact) mass is 424 g/mol. The molecule has 0 bridgehead atoms. The molecule has 0 spiro atoms. The molecule has 1 aliphatic rings. The second-order valence-corrected chi connectivity index (χ2v) is 8.38. The van der Waals surface area contributed by atoms with E-state index in [-0.39, 0.29) is 0 Å². The maximum Gasteiger partial charge on any atom is 0.242 e. The van der Waals surface area contributed by atoms with Crippen LogP contribution >= 0.6 is 22.6 Å². The van der Waals surface area contributed by atoms with Gasteiger partial charge in [-0.05, 0) is 59.8 Å². The maximum atomic E-state index is 12.4. The Morgan fingerprint density at radius 3 is 2.48 bits per heavy atom. The lowest BCUT2D eigenvalue weighted by Gasteiger charge is -2.27. The molecule has 1 heterocycles. The van der Waals surface area contributed by atoms with Gasteiger partial charge in [-0.2, -0.15) is 0 Å². The van der Waals surface area contributed by atoms with Crippen LogP contribution in [0.15, 0.2) is 29.2 Å². The van der Waals surface area contributed by atoms with Crippen molar-refractivity contribution in [2.45, 2.75) is 11.3 Å². The molecule has 1 fully saturated rings. The number of ether oxygens (including phenoxy) is 1. The lowest BCUT2D eigenvalue weighted by Crippen LogP contribution is -2.38. The summed E-state index contributed by atoms with van der Waals surface area (Å²) in [6.07, 6.45) is 0.833. The van der Waals surface area contributed by atoms with E-state index in [1.807, 2.05) is 12.1 Å². The Kier molecular flexibility index (Phi) is 6.42. The molecule has 5 nitrogen and oxygen atoms in total. The third-order valence-corrected chi connectivity index (χ3v) is 6.16. The van der Waals surface area contributed by atoms with Crippen molar-refractivity contribution < 1.29 is 13.2 Å². The molecule has 0 unspecified atom stereocenters. The van der Waals surface area contributed by atoms with Crippen molar-refractivity contribution in [1.29, 1.82) is 0 Å². The van der Waals surface area contributed by atoms with Crippen LogP contribution in [0.1, 0.15) is 6.42 Å². The molecule has 7 heteroatoms. The van der Waals surface area contributed by atoms with E-state index in [4.69, 9.17) is 4.74 Å². The number of hydrogen-bond donors (Lipinski definition) is 0. The normalized spacial score (nSPS) is 17.3. The maximum absolute atomic E-state index is 12.4. The summed E-state index contributed by atoms with van der Waals surface area (Å²) in [7, 11) is -1.73. The fourth-order valence-corrected chi connectivity index (χ4v) is 3.82. The third kappa shape index (κ3) is 4.88. The van der Waals surface area contributed by atoms with Gasteiger partial charge >= 0.3 is 0 Å². The molecular formula is C14H21IN2O3S. The highest BCUT2D eigenvalue weighted by Gasteiger charge is 2.20. The second kappa shape index (κ2) is 7.87. The van der Waals surface area contributed by atoms with Crippen LogP contribution in [0.25, 0.3) is 0 Å². The van der Waals surface area contributed by atoms with Gasteiger partial charge in [-0.15, -0.1) is 0 Å². The van der Waals surface area contributed by atoms with Gasteiger partial charge in [-0.25, -0.2) is 12.7 Å². The van der Waals surface area contributed by atoms with Gasteiger partial charge in [-0.3, -0.25) is 4.90 Å². The quantitative estimate of drug-likeness (QED) is 0.652. The average molecular weight is 424 g/mol. The highest BCUT2D eigenvalue weighted by Crippen LogP contribution is 2.16. The van der Waals surface area contributed by atoms with Gasteiger partial charge in [0, 0.05) is 30.3 Å². The lowest BCUT2D eigenvalue weighted by molar-refractivity contribution is 0.0370. The van der Waals surface area contributed by atoms with Crippen LogP contribution in [-0.2, 0) is 14.8 Å². The molecule has 21 heavy (non-hydrogen) atoms. The van der Waals surface area contributed by atoms with Gasteiger partial charge < -0.3 is 4.74 Å². The van der Waals surface area contributed by atoms with E-state index in [2.05, 4.69) is 27.5 Å². The molecule has 118 valence electrons. The summed E-state index contributed by atoms with van der Waals surface area (Å²) in [4.78, 5) is 2.67. The Labute approximate surface area is 140 Å². The zero-order valence-corrected chi connectivity index (χ0v) is 15.1. The van der Waals surface area contributed by atoms with Gasteiger partial charge in [0.15, 0.2) is 0 Å². The molecule has 0 aromatic heterocycles. The van der Waals surface area contributed by atoms with Gasteiger partial charge in [-0.1, -0.05) is 0 Å². The van der Waals surface area contributed by atoms with Crippen LogP contribution in [-0.4, -0.2) is 64.1 Å². The molecule has 0 atom stereocenters. The standard InChI is InChI=1S/C14H21IN2O3S/c1-16(7-2-8-17-9-11-20-12-10-17)21(18,19)14-5-3-13(15)4-6-14/h3-6H,2,7-12H2,1H3. The van der Waals surface area contributed by atoms with E-state index in [1.54, 1.807) is 19.2 Å². The lowest BCUT2D eigenvalue weighted by atomic mass is 10.3. The van der Waals surface area contributed by atoms with E-state index < -0.39 is 10.0 Å². The molecule has 2 rings (SSSR count). The van der Waals surface area contributed by atoms with Crippen LogP contribution in [0.5, 0.6) is 0 Å². The van der Waals surface area contributed by atoms with Gasteiger partial charge in [0.05, 0.1) is 18.1 Å². The number of halogens is 1. The summed E-state index contributed by atoms with van der Waals surface area (Å²) in [5.74, 6) is 0. The SMILES string of the molecule is CN(CCCN1CCOCC1)S(=O)(=O)c1ccc(I)cc1. The molecule has 0 radical (unpaired) electrons. The minimum atomic E-state index is -3.37. The van der Waals surface area contributed by atoms with Crippen molar-refractivity contribution >= 4 is 32.6 Å². The van der Waals surface area contributed by atoms with E-state index in [0.29, 0.717) is 11.4 Å². The zero-order valence-electron chi connectivity index (χ0n) is 12.2.